The quantitative estimate of drug-likeness (QED) is 0.630. The molecule has 2 heterocycles. The second kappa shape index (κ2) is 3.51. The molecule has 0 bridgehead atoms. The summed E-state index contributed by atoms with van der Waals surface area (Å²) in [5.41, 5.74) is 2.22. The molecular formula is C8H10O4S2. The van der Waals surface area contributed by atoms with Crippen molar-refractivity contribution in [3.63, 3.8) is 0 Å². The predicted octanol–water partition coefficient (Wildman–Crippen LogP) is 2.20. The van der Waals surface area contributed by atoms with Crippen LogP contribution in [0, 0.1) is 0 Å². The van der Waals surface area contributed by atoms with E-state index in [-0.39, 0.29) is 0 Å². The topological polar surface area (TPSA) is 74.6 Å². The Morgan fingerprint density at radius 2 is 1.14 bits per heavy atom. The van der Waals surface area contributed by atoms with Crippen LogP contribution >= 0.6 is 21.8 Å². The molecule has 2 rings (SSSR count). The summed E-state index contributed by atoms with van der Waals surface area (Å²) in [6, 6.07) is 0. The molecule has 2 aliphatic rings. The molecule has 0 unspecified atom stereocenters. The van der Waals surface area contributed by atoms with Crippen molar-refractivity contribution in [3.8, 4) is 0 Å². The van der Waals surface area contributed by atoms with E-state index < -0.39 is 32.4 Å². The minimum Gasteiger partial charge on any atom is -0.474 e. The molecule has 0 aromatic carbocycles. The van der Waals surface area contributed by atoms with Crippen LogP contribution in [0.4, 0.5) is 9.59 Å². The predicted molar refractivity (Wildman–Crippen MR) is 57.7 cm³/mol. The molecule has 0 amide bonds. The molecule has 0 atom stereocenters. The van der Waals surface area contributed by atoms with E-state index in [2.05, 4.69) is 0 Å². The van der Waals surface area contributed by atoms with Gasteiger partial charge in [0.1, 0.15) is 0 Å². The van der Waals surface area contributed by atoms with Gasteiger partial charge in [0, 0.05) is 23.0 Å². The average molecular weight is 234 g/mol. The second-order valence-electron chi connectivity index (χ2n) is 3.30. The van der Waals surface area contributed by atoms with Gasteiger partial charge in [0.15, 0.2) is 0 Å². The largest absolute Gasteiger partial charge is 0.474 e. The zero-order valence-electron chi connectivity index (χ0n) is 7.36. The highest BCUT2D eigenvalue weighted by atomic mass is 32.2. The van der Waals surface area contributed by atoms with Crippen molar-refractivity contribution in [2.75, 3.05) is 23.0 Å². The molecular weight excluding hydrogens is 224 g/mol. The molecule has 0 saturated carbocycles. The highest BCUT2D eigenvalue weighted by Gasteiger charge is 2.35. The number of hydrogen-bond donors (Lipinski definition) is 2. The van der Waals surface area contributed by atoms with Crippen molar-refractivity contribution in [1.29, 1.82) is 0 Å². The Morgan fingerprint density at radius 3 is 1.36 bits per heavy atom. The maximum Gasteiger partial charge on any atom is 0.355 e. The molecule has 0 aromatic heterocycles. The van der Waals surface area contributed by atoms with Crippen LogP contribution in [-0.4, -0.2) is 43.8 Å². The summed E-state index contributed by atoms with van der Waals surface area (Å²) in [6.45, 7) is 0. The number of rotatable bonds is 0. The van der Waals surface area contributed by atoms with E-state index in [4.69, 9.17) is 10.2 Å². The lowest BCUT2D eigenvalue weighted by Crippen LogP contribution is -2.05. The first kappa shape index (κ1) is 9.92. The Balaban J connectivity index is 2.00. The maximum absolute atomic E-state index is 10.7. The fourth-order valence-electron chi connectivity index (χ4n) is 1.68. The van der Waals surface area contributed by atoms with Gasteiger partial charge in [-0.3, -0.25) is 0 Å². The van der Waals surface area contributed by atoms with Crippen LogP contribution in [-0.2, 0) is 0 Å². The van der Waals surface area contributed by atoms with Crippen molar-refractivity contribution >= 4 is 32.4 Å². The minimum atomic E-state index is -0.727. The number of carboxylic acid groups (broad SMARTS) is 2. The Bertz CT molecular complexity index is 288. The van der Waals surface area contributed by atoms with E-state index in [9.17, 15) is 9.59 Å². The third kappa shape index (κ3) is 1.64. The summed E-state index contributed by atoms with van der Waals surface area (Å²) in [6.07, 6.45) is 0. The molecule has 0 aliphatic carbocycles. The van der Waals surface area contributed by atoms with E-state index in [1.807, 2.05) is 0 Å². The van der Waals surface area contributed by atoms with Crippen LogP contribution in [0.15, 0.2) is 11.1 Å². The van der Waals surface area contributed by atoms with E-state index in [1.54, 1.807) is 0 Å². The van der Waals surface area contributed by atoms with Crippen molar-refractivity contribution in [2.45, 2.75) is 0 Å². The molecule has 78 valence electrons. The molecule has 2 aliphatic heterocycles. The molecule has 0 saturated heterocycles. The fraction of sp³-hybridized carbons (Fsp3) is 0.500. The Labute approximate surface area is 86.7 Å². The fourth-order valence-corrected chi connectivity index (χ4v) is 5.55. The highest BCUT2D eigenvalue weighted by molar-refractivity contribution is 8.31. The van der Waals surface area contributed by atoms with Crippen LogP contribution in [0.5, 0.6) is 0 Å². The summed E-state index contributed by atoms with van der Waals surface area (Å²) in [4.78, 5) is 21.4. The van der Waals surface area contributed by atoms with Gasteiger partial charge in [0.05, 0.1) is 0 Å². The first-order chi connectivity index (χ1) is 6.58. The van der Waals surface area contributed by atoms with Crippen LogP contribution in [0.1, 0.15) is 0 Å². The van der Waals surface area contributed by atoms with Crippen LogP contribution < -0.4 is 0 Å². The summed E-state index contributed by atoms with van der Waals surface area (Å²) in [7, 11) is -1.12. The minimum absolute atomic E-state index is 0.562. The van der Waals surface area contributed by atoms with Crippen molar-refractivity contribution < 1.29 is 19.8 Å². The zero-order chi connectivity index (χ0) is 10.3. The van der Waals surface area contributed by atoms with Gasteiger partial charge >= 0.3 is 10.6 Å². The summed E-state index contributed by atoms with van der Waals surface area (Å²) in [5.74, 6) is 2.39. The lowest BCUT2D eigenvalue weighted by atomic mass is 10.2. The van der Waals surface area contributed by atoms with Crippen molar-refractivity contribution in [2.24, 2.45) is 0 Å². The molecule has 2 radical (unpaired) electrons. The molecule has 6 heteroatoms. The number of hydrogen-bond acceptors (Lipinski definition) is 2. The summed E-state index contributed by atoms with van der Waals surface area (Å²) >= 11 is 0. The zero-order valence-corrected chi connectivity index (χ0v) is 8.99. The second-order valence-corrected chi connectivity index (χ2v) is 7.13. The van der Waals surface area contributed by atoms with Crippen LogP contribution in [0.2, 0.25) is 0 Å². The Hall–Kier alpha value is -0.620. The Kier molecular flexibility index (Phi) is 2.48. The van der Waals surface area contributed by atoms with Gasteiger partial charge in [-0.2, -0.15) is 0 Å². The van der Waals surface area contributed by atoms with E-state index in [0.29, 0.717) is 23.0 Å². The van der Waals surface area contributed by atoms with Gasteiger partial charge in [-0.1, -0.05) is 21.8 Å². The van der Waals surface area contributed by atoms with Crippen molar-refractivity contribution in [3.05, 3.63) is 11.1 Å². The van der Waals surface area contributed by atoms with E-state index in [1.165, 1.54) is 0 Å². The molecule has 0 spiro atoms. The molecule has 0 aromatic rings. The first-order valence-electron chi connectivity index (χ1n) is 4.08. The highest BCUT2D eigenvalue weighted by Crippen LogP contribution is 2.49. The maximum atomic E-state index is 10.7. The van der Waals surface area contributed by atoms with Gasteiger partial charge in [-0.25, -0.2) is 9.59 Å². The average Bonchev–Trinajstić information content (AvgIpc) is 2.57. The molecule has 2 N–H and O–H groups in total. The molecule has 14 heavy (non-hydrogen) atoms. The third-order valence-electron chi connectivity index (χ3n) is 2.39. The monoisotopic (exact) mass is 234 g/mol. The van der Waals surface area contributed by atoms with Gasteiger partial charge < -0.3 is 10.2 Å². The lowest BCUT2D eigenvalue weighted by molar-refractivity contribution is 0.221. The third-order valence-corrected chi connectivity index (χ3v) is 6.16. The van der Waals surface area contributed by atoms with E-state index >= 15 is 0 Å². The smallest absolute Gasteiger partial charge is 0.355 e. The molecule has 0 fully saturated rings. The van der Waals surface area contributed by atoms with E-state index in [0.717, 1.165) is 11.1 Å². The summed E-state index contributed by atoms with van der Waals surface area (Å²) < 4.78 is 0. The standard InChI is InChI=1S/C8H10O4S2/c9-7(10)13-1-5-2-14(8(11)12)4-6(5)3-13/h1-4H2,(H,9,10)(H,11,12). The van der Waals surface area contributed by atoms with Crippen molar-refractivity contribution in [1.82, 2.24) is 0 Å². The van der Waals surface area contributed by atoms with Gasteiger partial charge in [-0.05, 0) is 11.1 Å². The van der Waals surface area contributed by atoms with Gasteiger partial charge in [0.25, 0.3) is 0 Å². The van der Waals surface area contributed by atoms with Gasteiger partial charge in [-0.15, -0.1) is 0 Å². The Morgan fingerprint density at radius 1 is 0.857 bits per heavy atom. The summed E-state index contributed by atoms with van der Waals surface area (Å²) in [5, 5.41) is 16.2. The number of carbonyl (C=O) groups is 2. The lowest BCUT2D eigenvalue weighted by Gasteiger charge is -2.12. The first-order valence-corrected chi connectivity index (χ1v) is 7.21. The SMILES string of the molecule is O=C(O)[S]1CC2=C(C1)C[S](C(=O)O)C2. The van der Waals surface area contributed by atoms with Crippen LogP contribution in [0.3, 0.4) is 0 Å². The normalized spacial score (nSPS) is 22.9. The van der Waals surface area contributed by atoms with Gasteiger partial charge in [0.2, 0.25) is 0 Å². The molecule has 4 nitrogen and oxygen atoms in total. The van der Waals surface area contributed by atoms with Crippen LogP contribution in [0.25, 0.3) is 0 Å².